The largest absolute Gasteiger partial charge is 0.505 e. The van der Waals surface area contributed by atoms with Crippen molar-refractivity contribution in [1.82, 2.24) is 14.3 Å². The zero-order chi connectivity index (χ0) is 29.1. The first-order valence-electron chi connectivity index (χ1n) is 13.5. The summed E-state index contributed by atoms with van der Waals surface area (Å²) in [6.45, 7) is 6.71. The van der Waals surface area contributed by atoms with Crippen molar-refractivity contribution in [3.05, 3.63) is 101 Å². The van der Waals surface area contributed by atoms with Gasteiger partial charge in [-0.05, 0) is 55.7 Å². The lowest BCUT2D eigenvalue weighted by Crippen LogP contribution is -2.32. The Morgan fingerprint density at radius 1 is 1.00 bits per heavy atom. The van der Waals surface area contributed by atoms with Gasteiger partial charge in [0.1, 0.15) is 17.9 Å². The average molecular weight is 556 g/mol. The molecular formula is C32H33N3O6. The van der Waals surface area contributed by atoms with Gasteiger partial charge in [0.25, 0.3) is 11.7 Å². The van der Waals surface area contributed by atoms with Gasteiger partial charge in [0.05, 0.1) is 30.5 Å². The fraction of sp³-hybridized carbons (Fsp3) is 0.281. The fourth-order valence-electron chi connectivity index (χ4n) is 5.14. The first kappa shape index (κ1) is 27.9. The maximum Gasteiger partial charge on any atom is 0.295 e. The summed E-state index contributed by atoms with van der Waals surface area (Å²) >= 11 is 0. The number of carbonyl (C=O) groups is 2. The van der Waals surface area contributed by atoms with E-state index >= 15 is 0 Å². The molecule has 0 spiro atoms. The highest BCUT2D eigenvalue weighted by molar-refractivity contribution is 6.46. The van der Waals surface area contributed by atoms with Crippen molar-refractivity contribution in [2.24, 2.45) is 0 Å². The van der Waals surface area contributed by atoms with Crippen LogP contribution in [-0.2, 0) is 20.9 Å². The third-order valence-corrected chi connectivity index (χ3v) is 7.21. The molecule has 212 valence electrons. The van der Waals surface area contributed by atoms with Crippen molar-refractivity contribution < 1.29 is 28.9 Å². The van der Waals surface area contributed by atoms with Crippen LogP contribution < -0.4 is 9.47 Å². The molecule has 3 heterocycles. The molecule has 9 nitrogen and oxygen atoms in total. The highest BCUT2D eigenvalue weighted by Gasteiger charge is 2.46. The summed E-state index contributed by atoms with van der Waals surface area (Å²) in [6, 6.07) is 18.0. The number of carbonyl (C=O) groups excluding carboxylic acids is 2. The average Bonchev–Trinajstić information content (AvgIpc) is 3.45. The number of aliphatic hydroxyl groups is 1. The molecule has 9 heteroatoms. The Balaban J connectivity index is 1.61. The Morgan fingerprint density at radius 2 is 1.78 bits per heavy atom. The summed E-state index contributed by atoms with van der Waals surface area (Å²) in [5.41, 5.74) is 4.05. The molecule has 0 aliphatic carbocycles. The molecular weight excluding hydrogens is 522 g/mol. The second-order valence-electron chi connectivity index (χ2n) is 9.83. The number of rotatable bonds is 10. The number of aliphatic hydroxyl groups excluding tert-OH is 1. The van der Waals surface area contributed by atoms with Crippen LogP contribution in [0, 0.1) is 13.8 Å². The van der Waals surface area contributed by atoms with Gasteiger partial charge in [-0.25, -0.2) is 4.98 Å². The number of fused-ring (bicyclic) bond motifs is 1. The molecule has 1 atom stereocenters. The maximum absolute atomic E-state index is 13.5. The van der Waals surface area contributed by atoms with E-state index in [4.69, 9.17) is 14.2 Å². The number of likely N-dealkylation sites (tertiary alicyclic amines) is 1. The molecule has 4 aromatic rings. The molecule has 41 heavy (non-hydrogen) atoms. The number of benzene rings is 2. The minimum Gasteiger partial charge on any atom is -0.505 e. The number of ketones is 1. The lowest BCUT2D eigenvalue weighted by atomic mass is 9.96. The van der Waals surface area contributed by atoms with E-state index in [1.165, 1.54) is 12.0 Å². The number of nitrogens with zero attached hydrogens (tertiary/aromatic N) is 3. The molecule has 5 rings (SSSR count). The topological polar surface area (TPSA) is 103 Å². The van der Waals surface area contributed by atoms with Crippen molar-refractivity contribution in [2.45, 2.75) is 33.4 Å². The Kier molecular flexibility index (Phi) is 8.07. The standard InChI is InChI=1S/C32H33N3O6/c1-5-40-25-18-23(13-14-24(25)41-19-22-11-7-6-8-12-22)28-26(30(37)32(38)35(28)16-17-39-4)29(36)27-21(3)34-15-9-10-20(2)31(34)33-27/h6-15,18,28,36H,5,16-17,19H2,1-4H3/b29-26+. The molecule has 1 N–H and O–H groups in total. The van der Waals surface area contributed by atoms with Crippen molar-refractivity contribution >= 4 is 23.1 Å². The summed E-state index contributed by atoms with van der Waals surface area (Å²) in [5.74, 6) is -0.818. The van der Waals surface area contributed by atoms with Crippen LogP contribution in [0.2, 0.25) is 0 Å². The molecule has 1 unspecified atom stereocenters. The number of Topliss-reactive ketones (excluding diaryl/α,β-unsaturated/α-hetero) is 1. The predicted molar refractivity (Wildman–Crippen MR) is 154 cm³/mol. The number of aromatic nitrogens is 2. The van der Waals surface area contributed by atoms with E-state index in [9.17, 15) is 14.7 Å². The lowest BCUT2D eigenvalue weighted by Gasteiger charge is -2.25. The molecule has 1 amide bonds. The van der Waals surface area contributed by atoms with Gasteiger partial charge in [-0.1, -0.05) is 42.5 Å². The normalized spacial score (nSPS) is 16.5. The number of aryl methyl sites for hydroxylation is 2. The maximum atomic E-state index is 13.5. The minimum absolute atomic E-state index is 0.0318. The van der Waals surface area contributed by atoms with Gasteiger partial charge >= 0.3 is 0 Å². The third kappa shape index (κ3) is 5.28. The van der Waals surface area contributed by atoms with Gasteiger partial charge < -0.3 is 28.6 Å². The van der Waals surface area contributed by atoms with E-state index in [2.05, 4.69) is 4.98 Å². The second-order valence-corrected chi connectivity index (χ2v) is 9.83. The summed E-state index contributed by atoms with van der Waals surface area (Å²) < 4.78 is 19.1. The van der Waals surface area contributed by atoms with Crippen LogP contribution in [0.5, 0.6) is 11.5 Å². The summed E-state index contributed by atoms with van der Waals surface area (Å²) in [4.78, 5) is 32.8. The van der Waals surface area contributed by atoms with E-state index < -0.39 is 17.7 Å². The van der Waals surface area contributed by atoms with Crippen LogP contribution >= 0.6 is 0 Å². The highest BCUT2D eigenvalue weighted by atomic mass is 16.5. The predicted octanol–water partition coefficient (Wildman–Crippen LogP) is 5.00. The number of amides is 1. The summed E-state index contributed by atoms with van der Waals surface area (Å²) in [5, 5.41) is 11.6. The third-order valence-electron chi connectivity index (χ3n) is 7.21. The van der Waals surface area contributed by atoms with Crippen molar-refractivity contribution in [1.29, 1.82) is 0 Å². The first-order chi connectivity index (χ1) is 19.8. The highest BCUT2D eigenvalue weighted by Crippen LogP contribution is 2.42. The van der Waals surface area contributed by atoms with Gasteiger partial charge in [0, 0.05) is 19.9 Å². The van der Waals surface area contributed by atoms with Crippen molar-refractivity contribution in [3.8, 4) is 11.5 Å². The first-order valence-corrected chi connectivity index (χ1v) is 13.5. The summed E-state index contributed by atoms with van der Waals surface area (Å²) in [6.07, 6.45) is 1.85. The van der Waals surface area contributed by atoms with E-state index in [0.717, 1.165) is 11.1 Å². The molecule has 0 radical (unpaired) electrons. The van der Waals surface area contributed by atoms with Gasteiger partial charge in [-0.15, -0.1) is 0 Å². The molecule has 2 aromatic carbocycles. The smallest absolute Gasteiger partial charge is 0.295 e. The van der Waals surface area contributed by atoms with Gasteiger partial charge in [0.2, 0.25) is 0 Å². The van der Waals surface area contributed by atoms with Crippen molar-refractivity contribution in [3.63, 3.8) is 0 Å². The molecule has 0 bridgehead atoms. The van der Waals surface area contributed by atoms with Gasteiger partial charge in [0.15, 0.2) is 17.3 Å². The number of hydrogen-bond donors (Lipinski definition) is 1. The zero-order valence-corrected chi connectivity index (χ0v) is 23.6. The van der Waals surface area contributed by atoms with E-state index in [-0.39, 0.29) is 30.2 Å². The SMILES string of the molecule is CCOc1cc(C2/C(=C(\O)c3nc4c(C)cccn4c3C)C(=O)C(=O)N2CCOC)ccc1OCc1ccccc1. The molecule has 1 saturated heterocycles. The van der Waals surface area contributed by atoms with Gasteiger partial charge in [-0.3, -0.25) is 9.59 Å². The van der Waals surface area contributed by atoms with Crippen LogP contribution in [0.4, 0.5) is 0 Å². The van der Waals surface area contributed by atoms with Crippen molar-refractivity contribution in [2.75, 3.05) is 26.9 Å². The van der Waals surface area contributed by atoms with E-state index in [1.54, 1.807) is 18.2 Å². The zero-order valence-electron chi connectivity index (χ0n) is 23.6. The Hall–Kier alpha value is -4.63. The molecule has 1 aliphatic rings. The van der Waals surface area contributed by atoms with Crippen LogP contribution in [0.15, 0.2) is 72.4 Å². The Labute approximate surface area is 238 Å². The van der Waals surface area contributed by atoms with Crippen LogP contribution in [0.1, 0.15) is 41.0 Å². The van der Waals surface area contributed by atoms with E-state index in [0.29, 0.717) is 41.6 Å². The monoisotopic (exact) mass is 555 g/mol. The van der Waals surface area contributed by atoms with Gasteiger partial charge in [-0.2, -0.15) is 0 Å². The minimum atomic E-state index is -0.877. The van der Waals surface area contributed by atoms with E-state index in [1.807, 2.05) is 73.8 Å². The van der Waals surface area contributed by atoms with Crippen LogP contribution in [0.25, 0.3) is 11.4 Å². The number of ether oxygens (including phenoxy) is 3. The van der Waals surface area contributed by atoms with Crippen LogP contribution in [-0.4, -0.2) is 57.9 Å². The Bertz CT molecular complexity index is 1630. The number of pyridine rings is 1. The number of imidazole rings is 1. The molecule has 2 aromatic heterocycles. The number of hydrogen-bond acceptors (Lipinski definition) is 7. The fourth-order valence-corrected chi connectivity index (χ4v) is 5.14. The number of methoxy groups -OCH3 is 1. The summed E-state index contributed by atoms with van der Waals surface area (Å²) in [7, 11) is 1.53. The Morgan fingerprint density at radius 3 is 2.49 bits per heavy atom. The molecule has 1 fully saturated rings. The molecule has 1 aliphatic heterocycles. The lowest BCUT2D eigenvalue weighted by molar-refractivity contribution is -0.140. The quantitative estimate of drug-likeness (QED) is 0.167. The van der Waals surface area contributed by atoms with Crippen LogP contribution in [0.3, 0.4) is 0 Å². The second kappa shape index (κ2) is 11.9. The molecule has 0 saturated carbocycles.